The Kier molecular flexibility index (Phi) is 6.37. The van der Waals surface area contributed by atoms with Gasteiger partial charge in [-0.2, -0.15) is 0 Å². The maximum absolute atomic E-state index is 12.9. The first-order chi connectivity index (χ1) is 14.0. The van der Waals surface area contributed by atoms with Gasteiger partial charge in [0.1, 0.15) is 0 Å². The van der Waals surface area contributed by atoms with Crippen molar-refractivity contribution in [1.82, 2.24) is 9.13 Å². The highest BCUT2D eigenvalue weighted by molar-refractivity contribution is 5.95. The number of carboxylic acid groups (broad SMARTS) is 1. The molecule has 1 heterocycles. The van der Waals surface area contributed by atoms with Crippen LogP contribution in [-0.4, -0.2) is 20.2 Å². The zero-order chi connectivity index (χ0) is 21.0. The molecular weight excluding hydrogens is 364 g/mol. The van der Waals surface area contributed by atoms with Crippen LogP contribution in [0.2, 0.25) is 0 Å². The number of aromatic carboxylic acids is 1. The van der Waals surface area contributed by atoms with Gasteiger partial charge in [0.15, 0.2) is 0 Å². The highest BCUT2D eigenvalue weighted by atomic mass is 16.4. The smallest absolute Gasteiger partial charge is 0.336 e. The third-order valence-corrected chi connectivity index (χ3v) is 5.31. The number of nitrogens with zero attached hydrogens (tertiary/aromatic N) is 2. The number of hydrogen-bond acceptors (Lipinski definition) is 2. The Morgan fingerprint density at radius 1 is 0.966 bits per heavy atom. The van der Waals surface area contributed by atoms with Gasteiger partial charge in [0, 0.05) is 17.9 Å². The molecule has 0 radical (unpaired) electrons. The third kappa shape index (κ3) is 4.19. The molecule has 1 N–H and O–H groups in total. The van der Waals surface area contributed by atoms with E-state index >= 15 is 0 Å². The molecule has 0 saturated heterocycles. The fourth-order valence-corrected chi connectivity index (χ4v) is 3.85. The average Bonchev–Trinajstić information content (AvgIpc) is 2.94. The lowest BCUT2D eigenvalue weighted by molar-refractivity contribution is 0.0697. The Labute approximate surface area is 171 Å². The van der Waals surface area contributed by atoms with Gasteiger partial charge >= 0.3 is 11.7 Å². The first-order valence-electron chi connectivity index (χ1n) is 10.2. The Hall–Kier alpha value is -3.08. The van der Waals surface area contributed by atoms with Gasteiger partial charge in [0.25, 0.3) is 0 Å². The molecule has 152 valence electrons. The van der Waals surface area contributed by atoms with Gasteiger partial charge in [-0.15, -0.1) is 0 Å². The van der Waals surface area contributed by atoms with E-state index in [4.69, 9.17) is 0 Å². The molecule has 0 fully saturated rings. The fourth-order valence-electron chi connectivity index (χ4n) is 3.85. The molecule has 0 atom stereocenters. The first kappa shape index (κ1) is 20.6. The Balaban J connectivity index is 1.94. The van der Waals surface area contributed by atoms with Crippen molar-refractivity contribution >= 4 is 5.97 Å². The summed E-state index contributed by atoms with van der Waals surface area (Å²) in [7, 11) is 0. The van der Waals surface area contributed by atoms with E-state index in [0.717, 1.165) is 48.3 Å². The summed E-state index contributed by atoms with van der Waals surface area (Å²) >= 11 is 0. The topological polar surface area (TPSA) is 64.2 Å². The van der Waals surface area contributed by atoms with Crippen LogP contribution < -0.4 is 5.69 Å². The predicted molar refractivity (Wildman–Crippen MR) is 116 cm³/mol. The van der Waals surface area contributed by atoms with Crippen LogP contribution in [0.1, 0.15) is 54.0 Å². The number of rotatable bonds is 8. The molecule has 0 aliphatic rings. The fraction of sp³-hybridized carbons (Fsp3) is 0.333. The van der Waals surface area contributed by atoms with E-state index < -0.39 is 5.97 Å². The van der Waals surface area contributed by atoms with E-state index in [1.54, 1.807) is 12.1 Å². The van der Waals surface area contributed by atoms with E-state index in [1.807, 2.05) is 52.5 Å². The normalized spacial score (nSPS) is 11.0. The minimum Gasteiger partial charge on any atom is -0.478 e. The van der Waals surface area contributed by atoms with Crippen LogP contribution >= 0.6 is 0 Å². The van der Waals surface area contributed by atoms with Crippen molar-refractivity contribution in [3.63, 3.8) is 0 Å². The van der Waals surface area contributed by atoms with E-state index in [9.17, 15) is 14.7 Å². The summed E-state index contributed by atoms with van der Waals surface area (Å²) in [5.41, 5.74) is 5.07. The molecule has 3 aromatic rings. The zero-order valence-electron chi connectivity index (χ0n) is 17.3. The van der Waals surface area contributed by atoms with E-state index in [2.05, 4.69) is 13.8 Å². The van der Waals surface area contributed by atoms with Gasteiger partial charge in [0.2, 0.25) is 0 Å². The molecule has 5 nitrogen and oxygen atoms in total. The minimum absolute atomic E-state index is 0.0492. The largest absolute Gasteiger partial charge is 0.478 e. The van der Waals surface area contributed by atoms with Crippen molar-refractivity contribution in [2.75, 3.05) is 0 Å². The SMILES string of the molecule is CCCc1c(C)n(CCC)c(=O)n1Cc1ccc(-c2ccccc2C(=O)O)cc1. The van der Waals surface area contributed by atoms with Gasteiger partial charge < -0.3 is 5.11 Å². The Morgan fingerprint density at radius 3 is 2.28 bits per heavy atom. The second-order valence-electron chi connectivity index (χ2n) is 7.35. The van der Waals surface area contributed by atoms with Crippen LogP contribution in [0.5, 0.6) is 0 Å². The first-order valence-corrected chi connectivity index (χ1v) is 10.2. The molecule has 0 aliphatic heterocycles. The molecule has 0 unspecified atom stereocenters. The number of carbonyl (C=O) groups is 1. The molecule has 5 heteroatoms. The molecule has 0 bridgehead atoms. The second-order valence-corrected chi connectivity index (χ2v) is 7.35. The van der Waals surface area contributed by atoms with Crippen molar-refractivity contribution in [1.29, 1.82) is 0 Å². The Bertz CT molecular complexity index is 1060. The van der Waals surface area contributed by atoms with Crippen LogP contribution in [-0.2, 0) is 19.5 Å². The van der Waals surface area contributed by atoms with Gasteiger partial charge in [0.05, 0.1) is 12.1 Å². The lowest BCUT2D eigenvalue weighted by Crippen LogP contribution is -2.25. The van der Waals surface area contributed by atoms with Gasteiger partial charge in [-0.05, 0) is 42.5 Å². The molecule has 0 amide bonds. The molecule has 0 saturated carbocycles. The molecular formula is C24H28N2O3. The van der Waals surface area contributed by atoms with Crippen molar-refractivity contribution in [2.45, 2.75) is 53.1 Å². The number of benzene rings is 2. The number of aromatic nitrogens is 2. The molecule has 0 spiro atoms. The minimum atomic E-state index is -0.937. The standard InChI is InChI=1S/C24H28N2O3/c1-4-8-22-17(3)25(15-5-2)24(29)26(22)16-18-11-13-19(14-12-18)20-9-6-7-10-21(20)23(27)28/h6-7,9-14H,4-5,8,15-16H2,1-3H3,(H,27,28). The summed E-state index contributed by atoms with van der Waals surface area (Å²) in [6.45, 7) is 7.49. The maximum atomic E-state index is 12.9. The summed E-state index contributed by atoms with van der Waals surface area (Å²) < 4.78 is 3.76. The van der Waals surface area contributed by atoms with Crippen molar-refractivity contribution in [3.8, 4) is 11.1 Å². The quantitative estimate of drug-likeness (QED) is 0.602. The molecule has 29 heavy (non-hydrogen) atoms. The lowest BCUT2D eigenvalue weighted by Gasteiger charge is -2.10. The monoisotopic (exact) mass is 392 g/mol. The van der Waals surface area contributed by atoms with E-state index in [-0.39, 0.29) is 11.3 Å². The van der Waals surface area contributed by atoms with Crippen molar-refractivity contribution in [3.05, 3.63) is 81.5 Å². The third-order valence-electron chi connectivity index (χ3n) is 5.31. The second kappa shape index (κ2) is 8.95. The van der Waals surface area contributed by atoms with Crippen molar-refractivity contribution < 1.29 is 9.90 Å². The molecule has 0 aliphatic carbocycles. The van der Waals surface area contributed by atoms with Crippen LogP contribution in [0, 0.1) is 6.92 Å². The molecule has 2 aromatic carbocycles. The molecule has 1 aromatic heterocycles. The van der Waals surface area contributed by atoms with E-state index in [0.29, 0.717) is 12.1 Å². The highest BCUT2D eigenvalue weighted by Crippen LogP contribution is 2.24. The Morgan fingerprint density at radius 2 is 1.66 bits per heavy atom. The maximum Gasteiger partial charge on any atom is 0.336 e. The predicted octanol–water partition coefficient (Wildman–Crippen LogP) is 4.73. The number of hydrogen-bond donors (Lipinski definition) is 1. The number of imidazole rings is 1. The summed E-state index contributed by atoms with van der Waals surface area (Å²) in [5.74, 6) is -0.937. The average molecular weight is 392 g/mol. The van der Waals surface area contributed by atoms with Gasteiger partial charge in [-0.25, -0.2) is 9.59 Å². The summed E-state index contributed by atoms with van der Waals surface area (Å²) in [4.78, 5) is 24.4. The summed E-state index contributed by atoms with van der Waals surface area (Å²) in [5, 5.41) is 9.42. The van der Waals surface area contributed by atoms with Crippen LogP contribution in [0.25, 0.3) is 11.1 Å². The van der Waals surface area contributed by atoms with Crippen molar-refractivity contribution in [2.24, 2.45) is 0 Å². The summed E-state index contributed by atoms with van der Waals surface area (Å²) in [6.07, 6.45) is 2.79. The van der Waals surface area contributed by atoms with Gasteiger partial charge in [-0.3, -0.25) is 9.13 Å². The van der Waals surface area contributed by atoms with E-state index in [1.165, 1.54) is 0 Å². The highest BCUT2D eigenvalue weighted by Gasteiger charge is 2.16. The lowest BCUT2D eigenvalue weighted by atomic mass is 9.99. The number of carboxylic acids is 1. The van der Waals surface area contributed by atoms with Crippen LogP contribution in [0.4, 0.5) is 0 Å². The van der Waals surface area contributed by atoms with Gasteiger partial charge in [-0.1, -0.05) is 62.7 Å². The van der Waals surface area contributed by atoms with Crippen LogP contribution in [0.15, 0.2) is 53.3 Å². The van der Waals surface area contributed by atoms with Crippen LogP contribution in [0.3, 0.4) is 0 Å². The summed E-state index contributed by atoms with van der Waals surface area (Å²) in [6, 6.07) is 14.8. The zero-order valence-corrected chi connectivity index (χ0v) is 17.3. The molecule has 3 rings (SSSR count).